The number of aliphatic carboxylic acids is 1. The summed E-state index contributed by atoms with van der Waals surface area (Å²) in [5.41, 5.74) is 0. The van der Waals surface area contributed by atoms with Gasteiger partial charge in [-0.25, -0.2) is 9.59 Å². The number of carbonyl (C=O) groups excluding carboxylic acids is 1. The van der Waals surface area contributed by atoms with Crippen LogP contribution in [-0.2, 0) is 4.79 Å². The summed E-state index contributed by atoms with van der Waals surface area (Å²) < 4.78 is 0. The van der Waals surface area contributed by atoms with Crippen molar-refractivity contribution in [2.75, 3.05) is 0 Å². The van der Waals surface area contributed by atoms with E-state index < -0.39 is 18.0 Å². The van der Waals surface area contributed by atoms with Gasteiger partial charge in [-0.05, 0) is 25.2 Å². The Hall–Kier alpha value is -1.26. The van der Waals surface area contributed by atoms with Gasteiger partial charge in [0.25, 0.3) is 0 Å². The lowest BCUT2D eigenvalue weighted by atomic mass is 9.99. The molecule has 0 saturated heterocycles. The van der Waals surface area contributed by atoms with E-state index in [9.17, 15) is 9.59 Å². The van der Waals surface area contributed by atoms with Crippen LogP contribution in [0, 0.1) is 11.8 Å². The second-order valence-electron chi connectivity index (χ2n) is 6.05. The second-order valence-corrected chi connectivity index (χ2v) is 6.05. The Morgan fingerprint density at radius 2 is 1.65 bits per heavy atom. The fraction of sp³-hybridized carbons (Fsp3) is 0.867. The van der Waals surface area contributed by atoms with Crippen LogP contribution in [-0.4, -0.2) is 29.2 Å². The molecular formula is C15H30N2O3. The van der Waals surface area contributed by atoms with Crippen LogP contribution in [0.25, 0.3) is 0 Å². The Bertz CT molecular complexity index is 305. The van der Waals surface area contributed by atoms with Crippen molar-refractivity contribution in [3.63, 3.8) is 0 Å². The zero-order valence-electron chi connectivity index (χ0n) is 13.4. The molecular weight excluding hydrogens is 256 g/mol. The van der Waals surface area contributed by atoms with Gasteiger partial charge in [0, 0.05) is 6.04 Å². The zero-order chi connectivity index (χ0) is 15.7. The maximum Gasteiger partial charge on any atom is 0.326 e. The van der Waals surface area contributed by atoms with E-state index in [-0.39, 0.29) is 12.0 Å². The van der Waals surface area contributed by atoms with E-state index >= 15 is 0 Å². The average molecular weight is 286 g/mol. The molecule has 0 aliphatic rings. The van der Waals surface area contributed by atoms with Gasteiger partial charge in [-0.3, -0.25) is 0 Å². The second kappa shape index (κ2) is 9.61. The third-order valence-corrected chi connectivity index (χ3v) is 3.56. The molecule has 0 aliphatic heterocycles. The minimum atomic E-state index is -0.984. The number of carbonyl (C=O) groups is 2. The molecule has 3 atom stereocenters. The lowest BCUT2D eigenvalue weighted by Crippen LogP contribution is -2.50. The van der Waals surface area contributed by atoms with E-state index in [0.717, 1.165) is 19.3 Å². The molecule has 118 valence electrons. The Balaban J connectivity index is 4.15. The number of nitrogens with one attached hydrogen (secondary N) is 2. The molecule has 0 bridgehead atoms. The Labute approximate surface area is 122 Å². The van der Waals surface area contributed by atoms with Crippen molar-refractivity contribution in [1.82, 2.24) is 10.6 Å². The minimum absolute atomic E-state index is 0.0557. The molecule has 2 unspecified atom stereocenters. The van der Waals surface area contributed by atoms with E-state index in [1.54, 1.807) is 0 Å². The highest BCUT2D eigenvalue weighted by atomic mass is 16.4. The average Bonchev–Trinajstić information content (AvgIpc) is 2.34. The first-order valence-electron chi connectivity index (χ1n) is 7.57. The summed E-state index contributed by atoms with van der Waals surface area (Å²) in [6.45, 7) is 10.0. The quantitative estimate of drug-likeness (QED) is 0.609. The number of hydrogen-bond acceptors (Lipinski definition) is 2. The third-order valence-electron chi connectivity index (χ3n) is 3.56. The molecule has 0 fully saturated rings. The molecule has 3 N–H and O–H groups in total. The number of hydrogen-bond donors (Lipinski definition) is 3. The minimum Gasteiger partial charge on any atom is -0.480 e. The number of amides is 2. The van der Waals surface area contributed by atoms with Crippen LogP contribution in [0.2, 0.25) is 0 Å². The van der Waals surface area contributed by atoms with Crippen LogP contribution in [0.5, 0.6) is 0 Å². The molecule has 5 heteroatoms. The lowest BCUT2D eigenvalue weighted by molar-refractivity contribution is -0.140. The lowest BCUT2D eigenvalue weighted by Gasteiger charge is -2.22. The van der Waals surface area contributed by atoms with Crippen molar-refractivity contribution in [1.29, 1.82) is 0 Å². The van der Waals surface area contributed by atoms with Crippen molar-refractivity contribution in [2.24, 2.45) is 11.8 Å². The van der Waals surface area contributed by atoms with E-state index in [0.29, 0.717) is 12.3 Å². The Morgan fingerprint density at radius 3 is 2.10 bits per heavy atom. The highest BCUT2D eigenvalue weighted by Crippen LogP contribution is 2.09. The molecule has 20 heavy (non-hydrogen) atoms. The van der Waals surface area contributed by atoms with E-state index in [4.69, 9.17) is 5.11 Å². The summed E-state index contributed by atoms with van der Waals surface area (Å²) in [5, 5.41) is 14.5. The van der Waals surface area contributed by atoms with Gasteiger partial charge in [0.05, 0.1) is 0 Å². The first-order chi connectivity index (χ1) is 9.27. The molecule has 0 radical (unpaired) electrons. The van der Waals surface area contributed by atoms with Crippen molar-refractivity contribution in [3.8, 4) is 0 Å². The highest BCUT2D eigenvalue weighted by Gasteiger charge is 2.25. The number of rotatable bonds is 9. The predicted octanol–water partition coefficient (Wildman–Crippen LogP) is 3.00. The molecule has 0 rings (SSSR count). The van der Waals surface area contributed by atoms with Crippen LogP contribution in [0.1, 0.15) is 60.3 Å². The largest absolute Gasteiger partial charge is 0.480 e. The first kappa shape index (κ1) is 18.7. The normalized spacial score (nSPS) is 15.5. The number of carboxylic acid groups (broad SMARTS) is 1. The molecule has 5 nitrogen and oxygen atoms in total. The summed E-state index contributed by atoms with van der Waals surface area (Å²) in [4.78, 5) is 22.9. The topological polar surface area (TPSA) is 78.4 Å². The third kappa shape index (κ3) is 8.02. The maximum atomic E-state index is 11.8. The number of carboxylic acids is 1. The standard InChI is InChI=1S/C15H30N2O3/c1-6-11(4)13(14(18)19)17-15(20)16-12(5)9-7-8-10(2)3/h10-13H,6-9H2,1-5H3,(H,18,19)(H2,16,17,20)/t11?,12?,13-/m0/s1. The summed E-state index contributed by atoms with van der Waals surface area (Å²) in [6, 6.07) is -1.17. The monoisotopic (exact) mass is 286 g/mol. The molecule has 0 aromatic heterocycles. The van der Waals surface area contributed by atoms with Gasteiger partial charge >= 0.3 is 12.0 Å². The SMILES string of the molecule is CCC(C)[C@H](NC(=O)NC(C)CCCC(C)C)C(=O)O. The molecule has 0 spiro atoms. The van der Waals surface area contributed by atoms with Crippen LogP contribution in [0.4, 0.5) is 4.79 Å². The van der Waals surface area contributed by atoms with Gasteiger partial charge < -0.3 is 15.7 Å². The molecule has 0 saturated carbocycles. The number of urea groups is 1. The van der Waals surface area contributed by atoms with Crippen molar-refractivity contribution < 1.29 is 14.7 Å². The first-order valence-corrected chi connectivity index (χ1v) is 7.57. The summed E-state index contributed by atoms with van der Waals surface area (Å²) in [5.74, 6) is -0.408. The van der Waals surface area contributed by atoms with Gasteiger partial charge in [-0.2, -0.15) is 0 Å². The summed E-state index contributed by atoms with van der Waals surface area (Å²) in [6.07, 6.45) is 3.82. The summed E-state index contributed by atoms with van der Waals surface area (Å²) >= 11 is 0. The Morgan fingerprint density at radius 1 is 1.05 bits per heavy atom. The predicted molar refractivity (Wildman–Crippen MR) is 80.7 cm³/mol. The molecule has 0 aromatic carbocycles. The molecule has 0 heterocycles. The molecule has 2 amide bonds. The van der Waals surface area contributed by atoms with Crippen molar-refractivity contribution in [3.05, 3.63) is 0 Å². The van der Waals surface area contributed by atoms with Gasteiger partial charge in [0.1, 0.15) is 6.04 Å². The molecule has 0 aromatic rings. The van der Waals surface area contributed by atoms with Crippen molar-refractivity contribution >= 4 is 12.0 Å². The van der Waals surface area contributed by atoms with Crippen LogP contribution < -0.4 is 10.6 Å². The fourth-order valence-electron chi connectivity index (χ4n) is 1.99. The summed E-state index contributed by atoms with van der Waals surface area (Å²) in [7, 11) is 0. The highest BCUT2D eigenvalue weighted by molar-refractivity contribution is 5.82. The van der Waals surface area contributed by atoms with Crippen molar-refractivity contribution in [2.45, 2.75) is 72.4 Å². The smallest absolute Gasteiger partial charge is 0.326 e. The molecule has 0 aliphatic carbocycles. The van der Waals surface area contributed by atoms with Crippen LogP contribution in [0.3, 0.4) is 0 Å². The van der Waals surface area contributed by atoms with Crippen LogP contribution >= 0.6 is 0 Å². The van der Waals surface area contributed by atoms with Gasteiger partial charge in [-0.1, -0.05) is 47.0 Å². The fourth-order valence-corrected chi connectivity index (χ4v) is 1.99. The van der Waals surface area contributed by atoms with E-state index in [1.165, 1.54) is 0 Å². The van der Waals surface area contributed by atoms with Crippen LogP contribution in [0.15, 0.2) is 0 Å². The van der Waals surface area contributed by atoms with E-state index in [2.05, 4.69) is 24.5 Å². The van der Waals surface area contributed by atoms with Gasteiger partial charge in [0.15, 0.2) is 0 Å². The maximum absolute atomic E-state index is 11.8. The zero-order valence-corrected chi connectivity index (χ0v) is 13.4. The van der Waals surface area contributed by atoms with Gasteiger partial charge in [0.2, 0.25) is 0 Å². The van der Waals surface area contributed by atoms with Gasteiger partial charge in [-0.15, -0.1) is 0 Å². The van der Waals surface area contributed by atoms with E-state index in [1.807, 2.05) is 20.8 Å². The Kier molecular flexibility index (Phi) is 9.01.